The van der Waals surface area contributed by atoms with E-state index in [1.807, 2.05) is 30.3 Å². The number of carbonyl (C=O) groups is 2. The van der Waals surface area contributed by atoms with E-state index in [1.165, 1.54) is 0 Å². The van der Waals surface area contributed by atoms with Crippen LogP contribution >= 0.6 is 11.6 Å². The van der Waals surface area contributed by atoms with Crippen LogP contribution in [0.2, 0.25) is 5.02 Å². The zero-order valence-electron chi connectivity index (χ0n) is 15.5. The lowest BCUT2D eigenvalue weighted by Gasteiger charge is -2.27. The zero-order chi connectivity index (χ0) is 20.1. The molecule has 1 aliphatic heterocycles. The van der Waals surface area contributed by atoms with Crippen molar-refractivity contribution in [2.75, 3.05) is 20.3 Å². The maximum absolute atomic E-state index is 12.3. The smallest absolute Gasteiger partial charge is 0.309 e. The summed E-state index contributed by atoms with van der Waals surface area (Å²) in [5.41, 5.74) is 1.72. The molecule has 0 saturated carbocycles. The minimum atomic E-state index is -0.973. The number of halogens is 1. The molecule has 28 heavy (non-hydrogen) atoms. The van der Waals surface area contributed by atoms with E-state index >= 15 is 0 Å². The van der Waals surface area contributed by atoms with Crippen LogP contribution in [-0.2, 0) is 20.9 Å². The monoisotopic (exact) mass is 403 g/mol. The average molecular weight is 404 g/mol. The highest BCUT2D eigenvalue weighted by Gasteiger charge is 2.44. The highest BCUT2D eigenvalue weighted by molar-refractivity contribution is 6.30. The normalized spacial score (nSPS) is 19.1. The van der Waals surface area contributed by atoms with Gasteiger partial charge in [0, 0.05) is 25.1 Å². The van der Waals surface area contributed by atoms with Gasteiger partial charge >= 0.3 is 5.97 Å². The fourth-order valence-corrected chi connectivity index (χ4v) is 3.64. The summed E-state index contributed by atoms with van der Waals surface area (Å²) in [6.45, 7) is 1.09. The van der Waals surface area contributed by atoms with Crippen LogP contribution in [0, 0.1) is 5.92 Å². The molecule has 0 aliphatic carbocycles. The number of amides is 1. The second kappa shape index (κ2) is 9.08. The summed E-state index contributed by atoms with van der Waals surface area (Å²) in [4.78, 5) is 25.5. The number of rotatable bonds is 8. The molecule has 1 fully saturated rings. The number of carbonyl (C=O) groups excluding carboxylic acids is 1. The van der Waals surface area contributed by atoms with Gasteiger partial charge in [0.15, 0.2) is 0 Å². The van der Waals surface area contributed by atoms with Gasteiger partial charge in [0.25, 0.3) is 0 Å². The van der Waals surface area contributed by atoms with E-state index in [4.69, 9.17) is 21.1 Å². The third-order valence-corrected chi connectivity index (χ3v) is 5.04. The number of methoxy groups -OCH3 is 1. The van der Waals surface area contributed by atoms with Crippen molar-refractivity contribution in [3.05, 3.63) is 64.7 Å². The topological polar surface area (TPSA) is 76.1 Å². The Labute approximate surface area is 168 Å². The number of likely N-dealkylation sites (tertiary alicyclic amines) is 1. The van der Waals surface area contributed by atoms with Crippen molar-refractivity contribution in [1.82, 2.24) is 4.90 Å². The molecule has 6 nitrogen and oxygen atoms in total. The van der Waals surface area contributed by atoms with Gasteiger partial charge in [-0.25, -0.2) is 0 Å². The number of carboxylic acids is 1. The number of carboxylic acid groups (broad SMARTS) is 1. The van der Waals surface area contributed by atoms with Gasteiger partial charge in [-0.05, 0) is 35.4 Å². The van der Waals surface area contributed by atoms with E-state index in [0.717, 1.165) is 11.1 Å². The SMILES string of the molecule is COCCN1C(=O)C[C@@H](C(=O)O)[C@@H]1c1ccc(OCc2cccc(Cl)c2)cc1. The van der Waals surface area contributed by atoms with Crippen molar-refractivity contribution >= 4 is 23.5 Å². The fourth-order valence-electron chi connectivity index (χ4n) is 3.43. The third-order valence-electron chi connectivity index (χ3n) is 4.80. The molecule has 1 amide bonds. The highest BCUT2D eigenvalue weighted by atomic mass is 35.5. The van der Waals surface area contributed by atoms with E-state index in [9.17, 15) is 14.7 Å². The molecule has 1 aliphatic rings. The molecule has 7 heteroatoms. The molecule has 0 bridgehead atoms. The van der Waals surface area contributed by atoms with E-state index in [1.54, 1.807) is 30.2 Å². The van der Waals surface area contributed by atoms with Crippen LogP contribution in [0.3, 0.4) is 0 Å². The average Bonchev–Trinajstić information content (AvgIpc) is 3.02. The van der Waals surface area contributed by atoms with Crippen LogP contribution in [0.15, 0.2) is 48.5 Å². The number of aliphatic carboxylic acids is 1. The molecule has 1 heterocycles. The van der Waals surface area contributed by atoms with Gasteiger partial charge in [-0.1, -0.05) is 35.9 Å². The number of ether oxygens (including phenoxy) is 2. The second-order valence-electron chi connectivity index (χ2n) is 6.66. The van der Waals surface area contributed by atoms with Crippen molar-refractivity contribution in [3.63, 3.8) is 0 Å². The quantitative estimate of drug-likeness (QED) is 0.729. The molecule has 0 unspecified atom stereocenters. The van der Waals surface area contributed by atoms with Crippen LogP contribution in [0.1, 0.15) is 23.6 Å². The first-order valence-corrected chi connectivity index (χ1v) is 9.36. The third kappa shape index (κ3) is 4.64. The van der Waals surface area contributed by atoms with Crippen molar-refractivity contribution in [2.24, 2.45) is 5.92 Å². The Morgan fingerprint density at radius 2 is 2.00 bits per heavy atom. The second-order valence-corrected chi connectivity index (χ2v) is 7.10. The highest BCUT2D eigenvalue weighted by Crippen LogP contribution is 2.38. The van der Waals surface area contributed by atoms with E-state index in [2.05, 4.69) is 0 Å². The van der Waals surface area contributed by atoms with Crippen LogP contribution in [0.25, 0.3) is 0 Å². The molecule has 0 radical (unpaired) electrons. The van der Waals surface area contributed by atoms with Crippen LogP contribution in [0.4, 0.5) is 0 Å². The molecule has 0 spiro atoms. The predicted octanol–water partition coefficient (Wildman–Crippen LogP) is 3.54. The standard InChI is InChI=1S/C21H22ClNO5/c1-27-10-9-23-19(24)12-18(21(25)26)20(23)15-5-7-17(8-6-15)28-13-14-3-2-4-16(22)11-14/h2-8,11,18,20H,9-10,12-13H2,1H3,(H,25,26)/t18-,20+/m1/s1. The Kier molecular flexibility index (Phi) is 6.54. The Hall–Kier alpha value is -2.57. The molecule has 0 aromatic heterocycles. The van der Waals surface area contributed by atoms with E-state index < -0.39 is 17.9 Å². The summed E-state index contributed by atoms with van der Waals surface area (Å²) in [7, 11) is 1.55. The maximum atomic E-state index is 12.3. The van der Waals surface area contributed by atoms with Gasteiger partial charge in [0.05, 0.1) is 18.6 Å². The summed E-state index contributed by atoms with van der Waals surface area (Å²) in [5, 5.41) is 10.2. The van der Waals surface area contributed by atoms with E-state index in [-0.39, 0.29) is 12.3 Å². The van der Waals surface area contributed by atoms with Gasteiger partial charge in [-0.2, -0.15) is 0 Å². The summed E-state index contributed by atoms with van der Waals surface area (Å²) in [6, 6.07) is 14.1. The van der Waals surface area contributed by atoms with Gasteiger partial charge in [-0.15, -0.1) is 0 Å². The Bertz CT molecular complexity index is 839. The largest absolute Gasteiger partial charge is 0.489 e. The lowest BCUT2D eigenvalue weighted by atomic mass is 9.93. The molecule has 1 N–H and O–H groups in total. The molecular weight excluding hydrogens is 382 g/mol. The molecule has 1 saturated heterocycles. The van der Waals surface area contributed by atoms with Crippen molar-refractivity contribution < 1.29 is 24.2 Å². The molecule has 3 rings (SSSR count). The minimum Gasteiger partial charge on any atom is -0.489 e. The summed E-state index contributed by atoms with van der Waals surface area (Å²) in [6.07, 6.45) is -0.00324. The van der Waals surface area contributed by atoms with Crippen molar-refractivity contribution in [1.29, 1.82) is 0 Å². The lowest BCUT2D eigenvalue weighted by molar-refractivity contribution is -0.142. The molecule has 2 atom stereocenters. The Morgan fingerprint density at radius 1 is 1.25 bits per heavy atom. The maximum Gasteiger partial charge on any atom is 0.309 e. The predicted molar refractivity (Wildman–Crippen MR) is 104 cm³/mol. The van der Waals surface area contributed by atoms with Gasteiger partial charge in [0.2, 0.25) is 5.91 Å². The summed E-state index contributed by atoms with van der Waals surface area (Å²) >= 11 is 5.98. The molecule has 2 aromatic carbocycles. The van der Waals surface area contributed by atoms with Gasteiger partial charge in [-0.3, -0.25) is 9.59 Å². The van der Waals surface area contributed by atoms with Crippen LogP contribution in [0.5, 0.6) is 5.75 Å². The van der Waals surface area contributed by atoms with Crippen molar-refractivity contribution in [2.45, 2.75) is 19.1 Å². The number of hydrogen-bond donors (Lipinski definition) is 1. The number of benzene rings is 2. The molecule has 2 aromatic rings. The fraction of sp³-hybridized carbons (Fsp3) is 0.333. The molecular formula is C21H22ClNO5. The lowest BCUT2D eigenvalue weighted by Crippen LogP contribution is -2.33. The number of nitrogens with zero attached hydrogens (tertiary/aromatic N) is 1. The van der Waals surface area contributed by atoms with Crippen LogP contribution < -0.4 is 4.74 Å². The zero-order valence-corrected chi connectivity index (χ0v) is 16.3. The van der Waals surface area contributed by atoms with Gasteiger partial charge in [0.1, 0.15) is 12.4 Å². The number of hydrogen-bond acceptors (Lipinski definition) is 4. The summed E-state index contributed by atoms with van der Waals surface area (Å²) < 4.78 is 10.8. The first kappa shape index (κ1) is 20.2. The molecule has 148 valence electrons. The Morgan fingerprint density at radius 3 is 2.64 bits per heavy atom. The minimum absolute atomic E-state index is 0.00324. The van der Waals surface area contributed by atoms with Crippen molar-refractivity contribution in [3.8, 4) is 5.75 Å². The van der Waals surface area contributed by atoms with E-state index in [0.29, 0.717) is 30.5 Å². The Balaban J connectivity index is 1.74. The van der Waals surface area contributed by atoms with Crippen LogP contribution in [-0.4, -0.2) is 42.1 Å². The first-order valence-electron chi connectivity index (χ1n) is 8.98. The first-order chi connectivity index (χ1) is 13.5. The summed E-state index contributed by atoms with van der Waals surface area (Å²) in [5.74, 6) is -1.26. The van der Waals surface area contributed by atoms with Gasteiger partial charge < -0.3 is 19.5 Å².